The Morgan fingerprint density at radius 1 is 1.33 bits per heavy atom. The van der Waals surface area contributed by atoms with E-state index in [1.165, 1.54) is 26.1 Å². The number of pyridine rings is 1. The van der Waals surface area contributed by atoms with Crippen LogP contribution in [0, 0.1) is 13.8 Å². The third kappa shape index (κ3) is 3.32. The lowest BCUT2D eigenvalue weighted by atomic mass is 10.1. The molecule has 2 rings (SSSR count). The summed E-state index contributed by atoms with van der Waals surface area (Å²) in [5, 5.41) is 2.76. The molecule has 1 aromatic heterocycles. The van der Waals surface area contributed by atoms with Crippen LogP contribution in [0.5, 0.6) is 5.88 Å². The first kappa shape index (κ1) is 17.7. The second kappa shape index (κ2) is 6.86. The summed E-state index contributed by atoms with van der Waals surface area (Å²) in [6.45, 7) is 4.03. The second-order valence-corrected chi connectivity index (χ2v) is 5.86. The molecule has 1 aliphatic rings. The second-order valence-electron chi connectivity index (χ2n) is 5.86. The van der Waals surface area contributed by atoms with E-state index in [0.717, 1.165) is 21.7 Å². The molecule has 0 saturated carbocycles. The first-order chi connectivity index (χ1) is 11.3. The average Bonchev–Trinajstić information content (AvgIpc) is 2.71. The number of aromatic nitrogens is 1. The molecular formula is C16H22N4O4. The van der Waals surface area contributed by atoms with Gasteiger partial charge in [-0.2, -0.15) is 0 Å². The van der Waals surface area contributed by atoms with Gasteiger partial charge in [-0.25, -0.2) is 9.78 Å². The Morgan fingerprint density at radius 3 is 2.54 bits per heavy atom. The van der Waals surface area contributed by atoms with Crippen LogP contribution in [0.1, 0.15) is 23.2 Å². The van der Waals surface area contributed by atoms with E-state index in [1.807, 2.05) is 19.9 Å². The van der Waals surface area contributed by atoms with Gasteiger partial charge in [0.1, 0.15) is 6.04 Å². The number of methoxy groups -OCH3 is 1. The van der Waals surface area contributed by atoms with Crippen molar-refractivity contribution in [2.24, 2.45) is 0 Å². The Hall–Kier alpha value is -2.64. The lowest BCUT2D eigenvalue weighted by Crippen LogP contribution is -2.37. The normalized spacial score (nSPS) is 17.5. The van der Waals surface area contributed by atoms with Crippen LogP contribution in [0.3, 0.4) is 0 Å². The molecule has 1 atom stereocenters. The molecule has 4 amide bonds. The van der Waals surface area contributed by atoms with Crippen LogP contribution in [0.15, 0.2) is 6.07 Å². The first-order valence-corrected chi connectivity index (χ1v) is 7.58. The molecule has 1 aromatic rings. The van der Waals surface area contributed by atoms with Gasteiger partial charge in [0.05, 0.1) is 13.5 Å². The van der Waals surface area contributed by atoms with E-state index < -0.39 is 12.1 Å². The molecule has 1 aliphatic heterocycles. The molecule has 8 nitrogen and oxygen atoms in total. The van der Waals surface area contributed by atoms with Gasteiger partial charge in [-0.05, 0) is 25.5 Å². The highest BCUT2D eigenvalue weighted by atomic mass is 16.5. The van der Waals surface area contributed by atoms with E-state index >= 15 is 0 Å². The predicted octanol–water partition coefficient (Wildman–Crippen LogP) is 0.606. The number of nitrogens with one attached hydrogen (secondary N) is 1. The minimum atomic E-state index is -0.762. The highest BCUT2D eigenvalue weighted by molar-refractivity contribution is 6.05. The van der Waals surface area contributed by atoms with Crippen molar-refractivity contribution < 1.29 is 19.1 Å². The molecule has 130 valence electrons. The summed E-state index contributed by atoms with van der Waals surface area (Å²) in [6.07, 6.45) is -0.0773. The van der Waals surface area contributed by atoms with Crippen molar-refractivity contribution in [1.29, 1.82) is 0 Å². The van der Waals surface area contributed by atoms with Gasteiger partial charge in [0.25, 0.3) is 5.91 Å². The molecule has 24 heavy (non-hydrogen) atoms. The van der Waals surface area contributed by atoms with E-state index in [9.17, 15) is 14.4 Å². The van der Waals surface area contributed by atoms with Gasteiger partial charge in [-0.3, -0.25) is 14.5 Å². The van der Waals surface area contributed by atoms with Crippen molar-refractivity contribution in [3.8, 4) is 5.88 Å². The lowest BCUT2D eigenvalue weighted by molar-refractivity contribution is -0.131. The fraction of sp³-hybridized carbons (Fsp3) is 0.500. The van der Waals surface area contributed by atoms with Crippen LogP contribution in [-0.4, -0.2) is 59.9 Å². The van der Waals surface area contributed by atoms with Crippen molar-refractivity contribution in [3.63, 3.8) is 0 Å². The van der Waals surface area contributed by atoms with E-state index in [-0.39, 0.29) is 24.8 Å². The number of nitrogens with zero attached hydrogens (tertiary/aromatic N) is 3. The minimum Gasteiger partial charge on any atom is -0.481 e. The van der Waals surface area contributed by atoms with Gasteiger partial charge < -0.3 is 15.0 Å². The molecule has 0 bridgehead atoms. The monoisotopic (exact) mass is 334 g/mol. The van der Waals surface area contributed by atoms with Crippen molar-refractivity contribution in [1.82, 2.24) is 20.1 Å². The van der Waals surface area contributed by atoms with Crippen LogP contribution < -0.4 is 10.1 Å². The molecule has 0 aromatic carbocycles. The van der Waals surface area contributed by atoms with Crippen LogP contribution >= 0.6 is 0 Å². The Kier molecular flexibility index (Phi) is 5.06. The van der Waals surface area contributed by atoms with E-state index in [2.05, 4.69) is 10.3 Å². The fourth-order valence-electron chi connectivity index (χ4n) is 2.73. The number of urea groups is 1. The van der Waals surface area contributed by atoms with Crippen molar-refractivity contribution >= 4 is 17.8 Å². The first-order valence-electron chi connectivity index (χ1n) is 7.58. The molecule has 2 heterocycles. The number of likely N-dealkylation sites (N-methyl/N-ethyl adjacent to an activating group) is 2. The zero-order chi connectivity index (χ0) is 18.0. The number of amides is 4. The summed E-state index contributed by atoms with van der Waals surface area (Å²) >= 11 is 0. The molecular weight excluding hydrogens is 312 g/mol. The fourth-order valence-corrected chi connectivity index (χ4v) is 2.73. The van der Waals surface area contributed by atoms with Crippen molar-refractivity contribution in [3.05, 3.63) is 22.9 Å². The minimum absolute atomic E-state index is 0.0773. The van der Waals surface area contributed by atoms with Crippen LogP contribution in [0.2, 0.25) is 0 Å². The third-order valence-electron chi connectivity index (χ3n) is 4.14. The largest absolute Gasteiger partial charge is 0.481 e. The summed E-state index contributed by atoms with van der Waals surface area (Å²) in [5.41, 5.74) is 2.58. The van der Waals surface area contributed by atoms with Gasteiger partial charge in [0, 0.05) is 31.9 Å². The number of hydrogen-bond acceptors (Lipinski definition) is 5. The zero-order valence-corrected chi connectivity index (χ0v) is 14.5. The Bertz CT molecular complexity index is 689. The molecule has 0 unspecified atom stereocenters. The number of ether oxygens (including phenoxy) is 1. The number of aryl methyl sites for hydroxylation is 2. The smallest absolute Gasteiger partial charge is 0.326 e. The highest BCUT2D eigenvalue weighted by Gasteiger charge is 2.41. The zero-order valence-electron chi connectivity index (χ0n) is 14.5. The van der Waals surface area contributed by atoms with Gasteiger partial charge in [0.15, 0.2) is 0 Å². The van der Waals surface area contributed by atoms with Crippen molar-refractivity contribution in [2.75, 3.05) is 21.2 Å². The maximum absolute atomic E-state index is 12.2. The molecule has 1 saturated heterocycles. The predicted molar refractivity (Wildman–Crippen MR) is 86.4 cm³/mol. The van der Waals surface area contributed by atoms with E-state index in [1.54, 1.807) is 0 Å². The maximum Gasteiger partial charge on any atom is 0.326 e. The summed E-state index contributed by atoms with van der Waals surface area (Å²) in [7, 11) is 4.45. The maximum atomic E-state index is 12.2. The number of rotatable bonds is 5. The van der Waals surface area contributed by atoms with Gasteiger partial charge in [0.2, 0.25) is 11.8 Å². The highest BCUT2D eigenvalue weighted by Crippen LogP contribution is 2.21. The molecule has 1 N–H and O–H groups in total. The van der Waals surface area contributed by atoms with Crippen LogP contribution in [-0.2, 0) is 16.1 Å². The third-order valence-corrected chi connectivity index (χ3v) is 4.14. The lowest BCUT2D eigenvalue weighted by Gasteiger charge is -2.16. The summed E-state index contributed by atoms with van der Waals surface area (Å²) in [6, 6.07) is 0.742. The van der Waals surface area contributed by atoms with Crippen LogP contribution in [0.25, 0.3) is 0 Å². The van der Waals surface area contributed by atoms with Gasteiger partial charge in [-0.1, -0.05) is 0 Å². The molecule has 0 spiro atoms. The van der Waals surface area contributed by atoms with E-state index in [4.69, 9.17) is 4.74 Å². The van der Waals surface area contributed by atoms with Gasteiger partial charge in [-0.15, -0.1) is 0 Å². The standard InChI is InChI=1S/C16H22N4O4/c1-9-6-10(2)18-14(24-5)11(9)8-17-13(21)7-12-15(22)20(4)16(23)19(12)3/h6,12H,7-8H2,1-5H3,(H,17,21)/t12-/m1/s1. The summed E-state index contributed by atoms with van der Waals surface area (Å²) in [4.78, 5) is 42.5. The summed E-state index contributed by atoms with van der Waals surface area (Å²) < 4.78 is 5.26. The average molecular weight is 334 g/mol. The topological polar surface area (TPSA) is 91.8 Å². The Balaban J connectivity index is 2.02. The van der Waals surface area contributed by atoms with E-state index in [0.29, 0.717) is 5.88 Å². The SMILES string of the molecule is COc1nc(C)cc(C)c1CNC(=O)C[C@@H]1C(=O)N(C)C(=O)N1C. The molecule has 1 fully saturated rings. The van der Waals surface area contributed by atoms with Crippen molar-refractivity contribution in [2.45, 2.75) is 32.9 Å². The number of imide groups is 1. The number of carbonyl (C=O) groups is 3. The van der Waals surface area contributed by atoms with Crippen LogP contribution in [0.4, 0.5) is 4.79 Å². The summed E-state index contributed by atoms with van der Waals surface area (Å²) in [5.74, 6) is -0.217. The van der Waals surface area contributed by atoms with Gasteiger partial charge >= 0.3 is 6.03 Å². The molecule has 8 heteroatoms. The quantitative estimate of drug-likeness (QED) is 0.797. The molecule has 0 radical (unpaired) electrons. The molecule has 0 aliphatic carbocycles. The number of carbonyl (C=O) groups excluding carboxylic acids is 3. The Labute approximate surface area is 140 Å². The Morgan fingerprint density at radius 2 is 2.00 bits per heavy atom. The number of hydrogen-bond donors (Lipinski definition) is 1.